The Balaban J connectivity index is 2.06. The first-order chi connectivity index (χ1) is 8.56. The number of carbonyl (C=O) groups excluding carboxylic acids is 1. The summed E-state index contributed by atoms with van der Waals surface area (Å²) in [6.45, 7) is 0. The Kier molecular flexibility index (Phi) is 5.27. The van der Waals surface area contributed by atoms with Crippen LogP contribution < -0.4 is 5.32 Å². The first-order valence-electron chi connectivity index (χ1n) is 5.97. The Bertz CT molecular complexity index is 430. The second-order valence-electron chi connectivity index (χ2n) is 4.54. The molecule has 1 aromatic rings. The van der Waals surface area contributed by atoms with Gasteiger partial charge in [-0.25, -0.2) is 0 Å². The maximum Gasteiger partial charge on any atom is 0.251 e. The fraction of sp³-hybridized carbons (Fsp3) is 0.462. The number of rotatable bonds is 2. The Morgan fingerprint density at radius 3 is 2.33 bits per heavy atom. The fourth-order valence-electron chi connectivity index (χ4n) is 2.18. The Labute approximate surface area is 132 Å². The second-order valence-corrected chi connectivity index (χ2v) is 7.55. The number of hydrogen-bond donors (Lipinski definition) is 1. The minimum Gasteiger partial charge on any atom is -0.348 e. The number of hydrogen-bond acceptors (Lipinski definition) is 1. The molecule has 1 fully saturated rings. The predicted molar refractivity (Wildman–Crippen MR) is 84.3 cm³/mol. The summed E-state index contributed by atoms with van der Waals surface area (Å²) in [6.07, 6.45) is 4.61. The van der Waals surface area contributed by atoms with Crippen molar-refractivity contribution in [1.82, 2.24) is 5.32 Å². The molecule has 2 rings (SSSR count). The molecule has 0 saturated heterocycles. The summed E-state index contributed by atoms with van der Waals surface area (Å²) >= 11 is 10.4. The molecule has 1 N–H and O–H groups in total. The van der Waals surface area contributed by atoms with E-state index in [-0.39, 0.29) is 11.9 Å². The highest BCUT2D eigenvalue weighted by atomic mass is 79.9. The van der Waals surface area contributed by atoms with Crippen LogP contribution in [0, 0.1) is 0 Å². The maximum atomic E-state index is 12.2. The Morgan fingerprint density at radius 1 is 1.11 bits per heavy atom. The lowest BCUT2D eigenvalue weighted by atomic mass is 9.95. The molecule has 1 aliphatic rings. The monoisotopic (exact) mass is 437 g/mol. The van der Waals surface area contributed by atoms with Gasteiger partial charge < -0.3 is 5.32 Å². The zero-order chi connectivity index (χ0) is 13.1. The molecule has 5 heteroatoms. The van der Waals surface area contributed by atoms with Gasteiger partial charge in [-0.05, 0) is 31.0 Å². The standard InChI is InChI=1S/C13H14Br3NO/c14-9-5-8(6-10(15)7-9)13(18)17-12-4-2-1-3-11(12)16/h5-7,11-12H,1-4H2,(H,17,18). The molecule has 1 amide bonds. The molecule has 0 aromatic heterocycles. The van der Waals surface area contributed by atoms with Crippen LogP contribution >= 0.6 is 47.8 Å². The van der Waals surface area contributed by atoms with E-state index in [2.05, 4.69) is 53.1 Å². The molecule has 18 heavy (non-hydrogen) atoms. The van der Waals surface area contributed by atoms with Gasteiger partial charge in [-0.1, -0.05) is 60.6 Å². The third-order valence-corrected chi connectivity index (χ3v) is 5.13. The molecule has 0 radical (unpaired) electrons. The molecule has 0 heterocycles. The van der Waals surface area contributed by atoms with Crippen molar-refractivity contribution in [2.75, 3.05) is 0 Å². The summed E-state index contributed by atoms with van der Waals surface area (Å²) in [7, 11) is 0. The summed E-state index contributed by atoms with van der Waals surface area (Å²) in [5.74, 6) is -0.00616. The molecule has 1 saturated carbocycles. The lowest BCUT2D eigenvalue weighted by molar-refractivity contribution is 0.0929. The Hall–Kier alpha value is 0.130. The maximum absolute atomic E-state index is 12.2. The predicted octanol–water partition coefficient (Wildman–Crippen LogP) is 4.65. The first-order valence-corrected chi connectivity index (χ1v) is 8.47. The number of benzene rings is 1. The van der Waals surface area contributed by atoms with E-state index in [9.17, 15) is 4.79 Å². The van der Waals surface area contributed by atoms with Gasteiger partial charge in [0.1, 0.15) is 0 Å². The van der Waals surface area contributed by atoms with Crippen molar-refractivity contribution in [2.24, 2.45) is 0 Å². The number of alkyl halides is 1. The van der Waals surface area contributed by atoms with E-state index in [4.69, 9.17) is 0 Å². The van der Waals surface area contributed by atoms with Crippen LogP contribution in [0.1, 0.15) is 36.0 Å². The van der Waals surface area contributed by atoms with Gasteiger partial charge in [0.05, 0.1) is 0 Å². The van der Waals surface area contributed by atoms with Gasteiger partial charge in [0.2, 0.25) is 0 Å². The van der Waals surface area contributed by atoms with Gasteiger partial charge in [0.25, 0.3) is 5.91 Å². The van der Waals surface area contributed by atoms with Crippen LogP contribution in [0.25, 0.3) is 0 Å². The van der Waals surface area contributed by atoms with Gasteiger partial charge in [-0.3, -0.25) is 4.79 Å². The van der Waals surface area contributed by atoms with E-state index in [1.165, 1.54) is 12.8 Å². The smallest absolute Gasteiger partial charge is 0.251 e. The van der Waals surface area contributed by atoms with Crippen molar-refractivity contribution < 1.29 is 4.79 Å². The quantitative estimate of drug-likeness (QED) is 0.668. The highest BCUT2D eigenvalue weighted by molar-refractivity contribution is 9.11. The summed E-state index contributed by atoms with van der Waals surface area (Å²) in [6, 6.07) is 5.84. The number of amides is 1. The molecule has 0 spiro atoms. The number of carbonyl (C=O) groups is 1. The number of nitrogens with one attached hydrogen (secondary N) is 1. The van der Waals surface area contributed by atoms with Gasteiger partial charge in [-0.15, -0.1) is 0 Å². The van der Waals surface area contributed by atoms with Gasteiger partial charge in [-0.2, -0.15) is 0 Å². The highest BCUT2D eigenvalue weighted by Crippen LogP contribution is 2.25. The minimum atomic E-state index is -0.00616. The average molecular weight is 440 g/mol. The fourth-order valence-corrected chi connectivity index (χ4v) is 4.20. The van der Waals surface area contributed by atoms with Crippen LogP contribution in [0.15, 0.2) is 27.1 Å². The van der Waals surface area contributed by atoms with Crippen LogP contribution in [0.5, 0.6) is 0 Å². The first kappa shape index (κ1) is 14.5. The zero-order valence-electron chi connectivity index (χ0n) is 9.76. The Morgan fingerprint density at radius 2 is 1.72 bits per heavy atom. The molecule has 2 nitrogen and oxygen atoms in total. The van der Waals surface area contributed by atoms with Crippen LogP contribution in [-0.4, -0.2) is 16.8 Å². The van der Waals surface area contributed by atoms with Crippen LogP contribution in [0.3, 0.4) is 0 Å². The van der Waals surface area contributed by atoms with Crippen molar-refractivity contribution in [1.29, 1.82) is 0 Å². The van der Waals surface area contributed by atoms with Crippen molar-refractivity contribution in [3.05, 3.63) is 32.7 Å². The number of halogens is 3. The van der Waals surface area contributed by atoms with Crippen LogP contribution in [-0.2, 0) is 0 Å². The molecule has 2 atom stereocenters. The van der Waals surface area contributed by atoms with Gasteiger partial charge >= 0.3 is 0 Å². The van der Waals surface area contributed by atoms with E-state index < -0.39 is 0 Å². The van der Waals surface area contributed by atoms with Gasteiger partial charge in [0, 0.05) is 25.4 Å². The molecule has 1 aromatic carbocycles. The summed E-state index contributed by atoms with van der Waals surface area (Å²) in [5.41, 5.74) is 0.682. The molecule has 2 unspecified atom stereocenters. The van der Waals surface area contributed by atoms with E-state index in [0.29, 0.717) is 10.4 Å². The second kappa shape index (κ2) is 6.53. The van der Waals surface area contributed by atoms with E-state index >= 15 is 0 Å². The van der Waals surface area contributed by atoms with Crippen molar-refractivity contribution >= 4 is 53.7 Å². The minimum absolute atomic E-state index is 0.00616. The van der Waals surface area contributed by atoms with Crippen molar-refractivity contribution in [2.45, 2.75) is 36.6 Å². The SMILES string of the molecule is O=C(NC1CCCCC1Br)c1cc(Br)cc(Br)c1. The van der Waals surface area contributed by atoms with E-state index in [1.807, 2.05) is 18.2 Å². The molecule has 1 aliphatic carbocycles. The third-order valence-electron chi connectivity index (χ3n) is 3.12. The van der Waals surface area contributed by atoms with Crippen molar-refractivity contribution in [3.63, 3.8) is 0 Å². The average Bonchev–Trinajstić information content (AvgIpc) is 2.31. The molecule has 0 bridgehead atoms. The zero-order valence-corrected chi connectivity index (χ0v) is 14.5. The van der Waals surface area contributed by atoms with E-state index in [1.54, 1.807) is 0 Å². The van der Waals surface area contributed by atoms with Gasteiger partial charge in [0.15, 0.2) is 0 Å². The normalized spacial score (nSPS) is 23.7. The molecule has 98 valence electrons. The lowest BCUT2D eigenvalue weighted by Gasteiger charge is -2.28. The third kappa shape index (κ3) is 3.81. The molecule has 0 aliphatic heterocycles. The van der Waals surface area contributed by atoms with Crippen LogP contribution in [0.2, 0.25) is 0 Å². The van der Waals surface area contributed by atoms with Crippen molar-refractivity contribution in [3.8, 4) is 0 Å². The largest absolute Gasteiger partial charge is 0.348 e. The molecular formula is C13H14Br3NO. The summed E-state index contributed by atoms with van der Waals surface area (Å²) < 4.78 is 1.81. The lowest BCUT2D eigenvalue weighted by Crippen LogP contribution is -2.42. The summed E-state index contributed by atoms with van der Waals surface area (Å²) in [5, 5.41) is 3.11. The van der Waals surface area contributed by atoms with Crippen LogP contribution in [0.4, 0.5) is 0 Å². The topological polar surface area (TPSA) is 29.1 Å². The highest BCUT2D eigenvalue weighted by Gasteiger charge is 2.24. The van der Waals surface area contributed by atoms with E-state index in [0.717, 1.165) is 21.8 Å². The molecular weight excluding hydrogens is 426 g/mol. The summed E-state index contributed by atoms with van der Waals surface area (Å²) in [4.78, 5) is 12.6.